The van der Waals surface area contributed by atoms with Crippen LogP contribution in [0.4, 0.5) is 5.13 Å². The summed E-state index contributed by atoms with van der Waals surface area (Å²) in [6.07, 6.45) is 5.77. The van der Waals surface area contributed by atoms with Gasteiger partial charge >= 0.3 is 0 Å². The molecule has 0 aliphatic heterocycles. The Morgan fingerprint density at radius 2 is 2.12 bits per heavy atom. The molecule has 2 saturated carbocycles. The van der Waals surface area contributed by atoms with Crippen LogP contribution in [0, 0.1) is 11.3 Å². The van der Waals surface area contributed by atoms with Crippen LogP contribution in [0.1, 0.15) is 25.7 Å². The zero-order valence-corrected chi connectivity index (χ0v) is 10.6. The van der Waals surface area contributed by atoms with Crippen molar-refractivity contribution < 1.29 is 0 Å². The predicted molar refractivity (Wildman–Crippen MR) is 72.5 cm³/mol. The van der Waals surface area contributed by atoms with Gasteiger partial charge < -0.3 is 5.32 Å². The highest BCUT2D eigenvalue weighted by Gasteiger charge is 2.53. The molecule has 17 heavy (non-hydrogen) atoms. The van der Waals surface area contributed by atoms with Crippen LogP contribution in [-0.2, 0) is 0 Å². The molecular formula is C14H16N2S. The lowest BCUT2D eigenvalue weighted by atomic mass is 10.0. The molecule has 4 rings (SSSR count). The molecule has 0 amide bonds. The summed E-state index contributed by atoms with van der Waals surface area (Å²) in [4.78, 5) is 4.63. The van der Waals surface area contributed by atoms with Crippen molar-refractivity contribution in [2.45, 2.75) is 25.7 Å². The van der Waals surface area contributed by atoms with E-state index in [1.54, 1.807) is 11.3 Å². The third-order valence-electron chi connectivity index (χ3n) is 4.22. The fourth-order valence-electron chi connectivity index (χ4n) is 2.79. The molecule has 88 valence electrons. The first-order chi connectivity index (χ1) is 8.36. The number of rotatable bonds is 4. The molecule has 1 N–H and O–H groups in total. The summed E-state index contributed by atoms with van der Waals surface area (Å²) in [5.41, 5.74) is 1.77. The van der Waals surface area contributed by atoms with Crippen molar-refractivity contribution in [2.24, 2.45) is 11.3 Å². The monoisotopic (exact) mass is 244 g/mol. The minimum absolute atomic E-state index is 0.651. The molecule has 1 aromatic heterocycles. The average molecular weight is 244 g/mol. The second-order valence-electron chi connectivity index (χ2n) is 5.48. The van der Waals surface area contributed by atoms with E-state index in [2.05, 4.69) is 34.6 Å². The van der Waals surface area contributed by atoms with E-state index in [9.17, 15) is 0 Å². The van der Waals surface area contributed by atoms with Crippen molar-refractivity contribution in [1.29, 1.82) is 0 Å². The molecule has 0 bridgehead atoms. The van der Waals surface area contributed by atoms with E-state index in [1.165, 1.54) is 30.4 Å². The Balaban J connectivity index is 1.51. The summed E-state index contributed by atoms with van der Waals surface area (Å²) in [5.74, 6) is 1.02. The highest BCUT2D eigenvalue weighted by Crippen LogP contribution is 2.61. The Bertz CT molecular complexity index is 519. The third kappa shape index (κ3) is 1.73. The number of nitrogens with zero attached hydrogens (tertiary/aromatic N) is 1. The van der Waals surface area contributed by atoms with Crippen molar-refractivity contribution in [1.82, 2.24) is 4.98 Å². The smallest absolute Gasteiger partial charge is 0.183 e. The van der Waals surface area contributed by atoms with Crippen LogP contribution >= 0.6 is 11.3 Å². The number of hydrogen-bond donors (Lipinski definition) is 1. The van der Waals surface area contributed by atoms with Gasteiger partial charge in [-0.15, -0.1) is 0 Å². The molecule has 2 fully saturated rings. The van der Waals surface area contributed by atoms with Gasteiger partial charge in [-0.2, -0.15) is 0 Å². The van der Waals surface area contributed by atoms with Crippen LogP contribution in [0.15, 0.2) is 24.3 Å². The van der Waals surface area contributed by atoms with Gasteiger partial charge in [0.2, 0.25) is 0 Å². The number of fused-ring (bicyclic) bond motifs is 1. The van der Waals surface area contributed by atoms with Crippen LogP contribution in [0.25, 0.3) is 10.2 Å². The van der Waals surface area contributed by atoms with Crippen molar-refractivity contribution in [3.8, 4) is 0 Å². The molecule has 0 saturated heterocycles. The van der Waals surface area contributed by atoms with Crippen molar-refractivity contribution in [3.63, 3.8) is 0 Å². The van der Waals surface area contributed by atoms with Crippen LogP contribution in [0.3, 0.4) is 0 Å². The third-order valence-corrected chi connectivity index (χ3v) is 5.22. The van der Waals surface area contributed by atoms with Crippen LogP contribution < -0.4 is 5.32 Å². The Labute approximate surface area is 105 Å². The summed E-state index contributed by atoms with van der Waals surface area (Å²) < 4.78 is 1.28. The number of anilines is 1. The van der Waals surface area contributed by atoms with E-state index >= 15 is 0 Å². The average Bonchev–Trinajstić information content (AvgIpc) is 3.22. The molecule has 0 unspecified atom stereocenters. The zero-order valence-electron chi connectivity index (χ0n) is 9.78. The highest BCUT2D eigenvalue weighted by atomic mass is 32.1. The second-order valence-corrected chi connectivity index (χ2v) is 6.51. The first-order valence-electron chi connectivity index (χ1n) is 6.45. The molecule has 0 radical (unpaired) electrons. The zero-order chi connectivity index (χ0) is 11.3. The van der Waals surface area contributed by atoms with Crippen LogP contribution in [-0.4, -0.2) is 11.5 Å². The summed E-state index contributed by atoms with van der Waals surface area (Å²) in [6, 6.07) is 8.37. The number of para-hydroxylation sites is 1. The Kier molecular flexibility index (Phi) is 2.01. The summed E-state index contributed by atoms with van der Waals surface area (Å²) in [5, 5.41) is 4.66. The normalized spacial score (nSPS) is 21.6. The molecule has 2 aromatic rings. The standard InChI is InChI=1S/C14H16N2S/c1-2-4-12-11(3-1)16-13(17-12)15-9-14(7-8-14)10-5-6-10/h1-4,10H,5-9H2,(H,15,16). The number of benzene rings is 1. The molecule has 1 aromatic carbocycles. The molecule has 1 heterocycles. The van der Waals surface area contributed by atoms with Crippen molar-refractivity contribution in [3.05, 3.63) is 24.3 Å². The van der Waals surface area contributed by atoms with E-state index in [0.29, 0.717) is 5.41 Å². The quantitative estimate of drug-likeness (QED) is 0.882. The lowest BCUT2D eigenvalue weighted by molar-refractivity contribution is 0.467. The lowest BCUT2D eigenvalue weighted by Crippen LogP contribution is -2.17. The van der Waals surface area contributed by atoms with E-state index in [1.807, 2.05) is 0 Å². The van der Waals surface area contributed by atoms with Gasteiger partial charge in [-0.25, -0.2) is 4.98 Å². The molecule has 2 aliphatic carbocycles. The Hall–Kier alpha value is -1.09. The number of hydrogen-bond acceptors (Lipinski definition) is 3. The first kappa shape index (κ1) is 9.89. The van der Waals surface area contributed by atoms with Gasteiger partial charge in [0, 0.05) is 6.54 Å². The molecule has 3 heteroatoms. The van der Waals surface area contributed by atoms with Gasteiger partial charge in [0.05, 0.1) is 10.2 Å². The summed E-state index contributed by atoms with van der Waals surface area (Å²) in [7, 11) is 0. The SMILES string of the molecule is c1ccc2sc(NCC3(C4CC4)CC3)nc2c1. The maximum atomic E-state index is 4.63. The predicted octanol–water partition coefficient (Wildman–Crippen LogP) is 3.90. The summed E-state index contributed by atoms with van der Waals surface area (Å²) >= 11 is 1.78. The van der Waals surface area contributed by atoms with Crippen molar-refractivity contribution >= 4 is 26.7 Å². The molecule has 2 nitrogen and oxygen atoms in total. The Morgan fingerprint density at radius 1 is 1.29 bits per heavy atom. The molecule has 0 spiro atoms. The Morgan fingerprint density at radius 3 is 2.82 bits per heavy atom. The minimum atomic E-state index is 0.651. The number of aromatic nitrogens is 1. The minimum Gasteiger partial charge on any atom is -0.361 e. The van der Waals surface area contributed by atoms with Gasteiger partial charge in [0.1, 0.15) is 0 Å². The molecule has 2 aliphatic rings. The van der Waals surface area contributed by atoms with Gasteiger partial charge in [0.15, 0.2) is 5.13 Å². The van der Waals surface area contributed by atoms with E-state index < -0.39 is 0 Å². The topological polar surface area (TPSA) is 24.9 Å². The largest absolute Gasteiger partial charge is 0.361 e. The van der Waals surface area contributed by atoms with Gasteiger partial charge in [-0.3, -0.25) is 0 Å². The van der Waals surface area contributed by atoms with Crippen LogP contribution in [0.2, 0.25) is 0 Å². The van der Waals surface area contributed by atoms with Gasteiger partial charge in [-0.1, -0.05) is 23.5 Å². The van der Waals surface area contributed by atoms with E-state index in [-0.39, 0.29) is 0 Å². The molecule has 0 atom stereocenters. The fraction of sp³-hybridized carbons (Fsp3) is 0.500. The highest BCUT2D eigenvalue weighted by molar-refractivity contribution is 7.22. The number of nitrogens with one attached hydrogen (secondary N) is 1. The fourth-order valence-corrected chi connectivity index (χ4v) is 3.65. The number of thiazole rings is 1. The van der Waals surface area contributed by atoms with Crippen molar-refractivity contribution in [2.75, 3.05) is 11.9 Å². The van der Waals surface area contributed by atoms with Crippen LogP contribution in [0.5, 0.6) is 0 Å². The maximum Gasteiger partial charge on any atom is 0.183 e. The van der Waals surface area contributed by atoms with E-state index in [0.717, 1.165) is 23.1 Å². The molecular weight excluding hydrogens is 228 g/mol. The second kappa shape index (κ2) is 3.45. The van der Waals surface area contributed by atoms with E-state index in [4.69, 9.17) is 0 Å². The van der Waals surface area contributed by atoms with Gasteiger partial charge in [-0.05, 0) is 49.1 Å². The summed E-state index contributed by atoms with van der Waals surface area (Å²) in [6.45, 7) is 1.14. The maximum absolute atomic E-state index is 4.63. The van der Waals surface area contributed by atoms with Gasteiger partial charge in [0.25, 0.3) is 0 Å². The first-order valence-corrected chi connectivity index (χ1v) is 7.27. The lowest BCUT2D eigenvalue weighted by Gasteiger charge is -2.13.